The van der Waals surface area contributed by atoms with Crippen LogP contribution in [0.15, 0.2) is 77.7 Å². The van der Waals surface area contributed by atoms with Crippen molar-refractivity contribution in [2.45, 2.75) is 18.2 Å². The Balaban J connectivity index is 0.00000353. The van der Waals surface area contributed by atoms with E-state index in [4.69, 9.17) is 4.98 Å². The van der Waals surface area contributed by atoms with Crippen molar-refractivity contribution in [1.29, 1.82) is 0 Å². The molecule has 0 atom stereocenters. The van der Waals surface area contributed by atoms with E-state index in [1.165, 1.54) is 22.4 Å². The molecule has 2 N–H and O–H groups in total. The molecule has 39 heavy (non-hydrogen) atoms. The maximum absolute atomic E-state index is 12.6. The van der Waals surface area contributed by atoms with Gasteiger partial charge in [-0.25, -0.2) is 13.4 Å². The minimum atomic E-state index is -3.67. The highest BCUT2D eigenvalue weighted by atomic mass is 35.5. The number of hydrogen-bond donors (Lipinski definition) is 2. The molecule has 1 aromatic heterocycles. The number of carbonyl (C=O) groups excluding carboxylic acids is 1. The van der Waals surface area contributed by atoms with Gasteiger partial charge in [-0.2, -0.15) is 0 Å². The summed E-state index contributed by atoms with van der Waals surface area (Å²) in [5, 5.41) is 4.06. The van der Waals surface area contributed by atoms with Crippen LogP contribution in [0.2, 0.25) is 0 Å². The summed E-state index contributed by atoms with van der Waals surface area (Å²) in [4.78, 5) is 22.4. The third-order valence-corrected chi connectivity index (χ3v) is 9.16. The lowest BCUT2D eigenvalue weighted by atomic mass is 10.1. The number of benzene rings is 3. The first-order valence-electron chi connectivity index (χ1n) is 12.7. The fraction of sp³-hybridized carbons (Fsp3) is 0.286. The summed E-state index contributed by atoms with van der Waals surface area (Å²) < 4.78 is 28.7. The standard InChI is InChI=1S/C28H31N5O3S2.ClH/c1-2-21-7-6-10-25-26(21)30-28(37-25)33-19-17-32(18-20-33)16-15-29-27(34)22-11-13-23(14-12-22)31-38(35,36)24-8-4-3-5-9-24;/h3-14,31H,2,15-20H2,1H3,(H,29,34);1H. The van der Waals surface area contributed by atoms with Crippen molar-refractivity contribution in [3.8, 4) is 0 Å². The molecule has 1 saturated heterocycles. The normalized spacial score (nSPS) is 14.1. The Morgan fingerprint density at radius 2 is 1.67 bits per heavy atom. The SMILES string of the molecule is CCc1cccc2sc(N3CCN(CCNC(=O)c4ccc(NS(=O)(=O)c5ccccc5)cc4)CC3)nc12.Cl. The third kappa shape index (κ3) is 6.88. The van der Waals surface area contributed by atoms with Crippen LogP contribution >= 0.6 is 23.7 Å². The van der Waals surface area contributed by atoms with Gasteiger partial charge in [-0.05, 0) is 54.4 Å². The zero-order valence-corrected chi connectivity index (χ0v) is 24.1. The number of aromatic nitrogens is 1. The number of halogens is 1. The molecule has 4 aromatic rings. The lowest BCUT2D eigenvalue weighted by molar-refractivity contribution is 0.0948. The molecule has 0 spiro atoms. The number of nitrogens with zero attached hydrogens (tertiary/aromatic N) is 3. The largest absolute Gasteiger partial charge is 0.351 e. The predicted octanol–water partition coefficient (Wildman–Crippen LogP) is 4.63. The van der Waals surface area contributed by atoms with Gasteiger partial charge in [0, 0.05) is 50.5 Å². The molecule has 0 aliphatic carbocycles. The monoisotopic (exact) mass is 585 g/mol. The maximum Gasteiger partial charge on any atom is 0.261 e. The molecule has 1 amide bonds. The van der Waals surface area contributed by atoms with Crippen LogP contribution in [0.4, 0.5) is 10.8 Å². The molecule has 1 aliphatic rings. The van der Waals surface area contributed by atoms with Gasteiger partial charge in [-0.3, -0.25) is 14.4 Å². The van der Waals surface area contributed by atoms with Gasteiger partial charge >= 0.3 is 0 Å². The van der Waals surface area contributed by atoms with Crippen molar-refractivity contribution >= 4 is 60.7 Å². The number of rotatable bonds is 9. The molecule has 11 heteroatoms. The molecule has 5 rings (SSSR count). The summed E-state index contributed by atoms with van der Waals surface area (Å²) in [6.45, 7) is 7.14. The molecule has 0 radical (unpaired) electrons. The molecule has 0 bridgehead atoms. The van der Waals surface area contributed by atoms with Gasteiger partial charge in [0.1, 0.15) is 0 Å². The van der Waals surface area contributed by atoms with Crippen LogP contribution in [0.3, 0.4) is 0 Å². The van der Waals surface area contributed by atoms with Gasteiger partial charge in [-0.15, -0.1) is 12.4 Å². The summed E-state index contributed by atoms with van der Waals surface area (Å²) in [6.07, 6.45) is 0.983. The highest BCUT2D eigenvalue weighted by molar-refractivity contribution is 7.92. The quantitative estimate of drug-likeness (QED) is 0.297. The Hall–Kier alpha value is -3.18. The number of fused-ring (bicyclic) bond motifs is 1. The Kier molecular flexibility index (Phi) is 9.45. The Bertz CT molecular complexity index is 1500. The molecular weight excluding hydrogens is 554 g/mol. The van der Waals surface area contributed by atoms with Crippen LogP contribution in [-0.4, -0.2) is 63.5 Å². The molecule has 206 valence electrons. The van der Waals surface area contributed by atoms with Crippen molar-refractivity contribution in [2.75, 3.05) is 48.9 Å². The Morgan fingerprint density at radius 3 is 2.36 bits per heavy atom. The summed E-state index contributed by atoms with van der Waals surface area (Å²) in [5.41, 5.74) is 3.31. The lowest BCUT2D eigenvalue weighted by Crippen LogP contribution is -2.48. The number of hydrogen-bond acceptors (Lipinski definition) is 7. The van der Waals surface area contributed by atoms with Gasteiger partial charge in [0.2, 0.25) is 0 Å². The highest BCUT2D eigenvalue weighted by Crippen LogP contribution is 2.31. The number of aryl methyl sites for hydroxylation is 1. The van der Waals surface area contributed by atoms with Crippen LogP contribution in [0.25, 0.3) is 10.2 Å². The average molecular weight is 586 g/mol. The van der Waals surface area contributed by atoms with Gasteiger partial charge < -0.3 is 10.2 Å². The number of thiazole rings is 1. The Labute approximate surface area is 239 Å². The van der Waals surface area contributed by atoms with Crippen molar-refractivity contribution in [3.05, 3.63) is 83.9 Å². The number of amides is 1. The molecule has 0 unspecified atom stereocenters. The number of piperazine rings is 1. The smallest absolute Gasteiger partial charge is 0.261 e. The number of nitrogens with one attached hydrogen (secondary N) is 2. The lowest BCUT2D eigenvalue weighted by Gasteiger charge is -2.34. The van der Waals surface area contributed by atoms with Crippen molar-refractivity contribution in [3.63, 3.8) is 0 Å². The van der Waals surface area contributed by atoms with Crippen molar-refractivity contribution in [1.82, 2.24) is 15.2 Å². The first kappa shape index (κ1) is 28.8. The van der Waals surface area contributed by atoms with Crippen LogP contribution in [0.5, 0.6) is 0 Å². The Morgan fingerprint density at radius 1 is 0.949 bits per heavy atom. The number of carbonyl (C=O) groups is 1. The molecular formula is C28H32ClN5O3S2. The van der Waals surface area contributed by atoms with Gasteiger partial charge in [0.15, 0.2) is 5.13 Å². The van der Waals surface area contributed by atoms with Crippen LogP contribution in [0.1, 0.15) is 22.8 Å². The van der Waals surface area contributed by atoms with E-state index in [0.717, 1.165) is 49.8 Å². The van der Waals surface area contributed by atoms with Gasteiger partial charge in [-0.1, -0.05) is 48.6 Å². The van der Waals surface area contributed by atoms with E-state index < -0.39 is 10.0 Å². The highest BCUT2D eigenvalue weighted by Gasteiger charge is 2.20. The average Bonchev–Trinajstić information content (AvgIpc) is 3.39. The second-order valence-electron chi connectivity index (χ2n) is 9.19. The zero-order chi connectivity index (χ0) is 26.5. The summed E-state index contributed by atoms with van der Waals surface area (Å²) in [7, 11) is -3.67. The predicted molar refractivity (Wildman–Crippen MR) is 161 cm³/mol. The fourth-order valence-electron chi connectivity index (χ4n) is 4.51. The molecule has 3 aromatic carbocycles. The molecule has 0 saturated carbocycles. The van der Waals surface area contributed by atoms with Crippen LogP contribution < -0.4 is 14.9 Å². The third-order valence-electron chi connectivity index (χ3n) is 6.68. The van der Waals surface area contributed by atoms with Crippen LogP contribution in [-0.2, 0) is 16.4 Å². The molecule has 1 aliphatic heterocycles. The van der Waals surface area contributed by atoms with E-state index >= 15 is 0 Å². The molecule has 2 heterocycles. The molecule has 8 nitrogen and oxygen atoms in total. The van der Waals surface area contributed by atoms with E-state index in [1.54, 1.807) is 53.8 Å². The second kappa shape index (κ2) is 12.8. The molecule has 1 fully saturated rings. The van der Waals surface area contributed by atoms with Gasteiger partial charge in [0.05, 0.1) is 15.1 Å². The first-order chi connectivity index (χ1) is 18.4. The minimum Gasteiger partial charge on any atom is -0.351 e. The van der Waals surface area contributed by atoms with E-state index in [0.29, 0.717) is 17.8 Å². The van der Waals surface area contributed by atoms with E-state index in [2.05, 4.69) is 45.0 Å². The summed E-state index contributed by atoms with van der Waals surface area (Å²) >= 11 is 1.76. The summed E-state index contributed by atoms with van der Waals surface area (Å²) in [6, 6.07) is 21.0. The van der Waals surface area contributed by atoms with E-state index in [9.17, 15) is 13.2 Å². The van der Waals surface area contributed by atoms with Gasteiger partial charge in [0.25, 0.3) is 15.9 Å². The van der Waals surface area contributed by atoms with Crippen LogP contribution in [0, 0.1) is 0 Å². The first-order valence-corrected chi connectivity index (χ1v) is 15.0. The number of anilines is 2. The van der Waals surface area contributed by atoms with Crippen molar-refractivity contribution < 1.29 is 13.2 Å². The van der Waals surface area contributed by atoms with Crippen molar-refractivity contribution in [2.24, 2.45) is 0 Å². The fourth-order valence-corrected chi connectivity index (χ4v) is 6.66. The zero-order valence-electron chi connectivity index (χ0n) is 21.7. The second-order valence-corrected chi connectivity index (χ2v) is 11.9. The topological polar surface area (TPSA) is 94.6 Å². The number of sulfonamides is 1. The van der Waals surface area contributed by atoms with E-state index in [1.807, 2.05) is 0 Å². The summed E-state index contributed by atoms with van der Waals surface area (Å²) in [5.74, 6) is -0.178. The minimum absolute atomic E-state index is 0. The number of para-hydroxylation sites is 1. The maximum atomic E-state index is 12.6. The van der Waals surface area contributed by atoms with E-state index in [-0.39, 0.29) is 23.2 Å².